The van der Waals surface area contributed by atoms with Gasteiger partial charge in [0.15, 0.2) is 0 Å². The quantitative estimate of drug-likeness (QED) is 0.705. The molecule has 0 unspecified atom stereocenters. The molecule has 0 bridgehead atoms. The van der Waals surface area contributed by atoms with Crippen molar-refractivity contribution in [2.45, 2.75) is 58.3 Å². The lowest BCUT2D eigenvalue weighted by Crippen LogP contribution is -2.27. The number of ether oxygens (including phenoxy) is 1. The van der Waals surface area contributed by atoms with Crippen molar-refractivity contribution >= 4 is 12.6 Å². The fraction of sp³-hybridized carbons (Fsp3) is 0.667. The van der Waals surface area contributed by atoms with Gasteiger partial charge in [-0.25, -0.2) is 0 Å². The molecule has 0 atom stereocenters. The molecule has 1 nitrogen and oxygen atoms in total. The van der Waals surface area contributed by atoms with Crippen LogP contribution < -0.4 is 4.74 Å². The van der Waals surface area contributed by atoms with E-state index in [-0.39, 0.29) is 5.41 Å². The molecule has 0 radical (unpaired) electrons. The average molecular weight is 292 g/mol. The molecule has 1 saturated carbocycles. The van der Waals surface area contributed by atoms with Crippen molar-refractivity contribution in [3.8, 4) is 5.75 Å². The first-order chi connectivity index (χ1) is 9.51. The highest BCUT2D eigenvalue weighted by atomic mass is 32.1. The molecule has 112 valence electrons. The first-order valence-electron chi connectivity index (χ1n) is 7.86. The summed E-state index contributed by atoms with van der Waals surface area (Å²) in [5.74, 6) is 1.93. The fourth-order valence-corrected chi connectivity index (χ4v) is 3.32. The molecule has 1 aliphatic carbocycles. The Balaban J connectivity index is 1.97. The van der Waals surface area contributed by atoms with E-state index >= 15 is 0 Å². The molecule has 0 aliphatic heterocycles. The summed E-state index contributed by atoms with van der Waals surface area (Å²) in [6.07, 6.45) is 6.33. The van der Waals surface area contributed by atoms with Crippen LogP contribution in [0, 0.1) is 5.41 Å². The summed E-state index contributed by atoms with van der Waals surface area (Å²) in [6.45, 7) is 7.63. The molecule has 1 fully saturated rings. The van der Waals surface area contributed by atoms with Gasteiger partial charge >= 0.3 is 0 Å². The molecule has 1 aromatic rings. The normalized spacial score (nSPS) is 18.2. The minimum atomic E-state index is 0.246. The Morgan fingerprint density at radius 3 is 2.25 bits per heavy atom. The van der Waals surface area contributed by atoms with E-state index in [4.69, 9.17) is 4.74 Å². The van der Waals surface area contributed by atoms with Gasteiger partial charge in [0.25, 0.3) is 0 Å². The van der Waals surface area contributed by atoms with Crippen molar-refractivity contribution in [3.63, 3.8) is 0 Å². The van der Waals surface area contributed by atoms with Crippen LogP contribution in [0.4, 0.5) is 0 Å². The van der Waals surface area contributed by atoms with Crippen molar-refractivity contribution in [1.82, 2.24) is 0 Å². The van der Waals surface area contributed by atoms with Gasteiger partial charge in [0.05, 0.1) is 6.61 Å². The summed E-state index contributed by atoms with van der Waals surface area (Å²) in [4.78, 5) is 0. The number of rotatable bonds is 6. The van der Waals surface area contributed by atoms with Gasteiger partial charge in [0.1, 0.15) is 5.75 Å². The maximum atomic E-state index is 6.04. The zero-order chi connectivity index (χ0) is 14.6. The van der Waals surface area contributed by atoms with Crippen LogP contribution in [0.1, 0.15) is 58.4 Å². The molecule has 0 saturated heterocycles. The molecular formula is C18H28OS. The van der Waals surface area contributed by atoms with Crippen LogP contribution >= 0.6 is 12.6 Å². The highest BCUT2D eigenvalue weighted by Gasteiger charge is 2.33. The third-order valence-corrected chi connectivity index (χ3v) is 5.74. The topological polar surface area (TPSA) is 9.23 Å². The summed E-state index contributed by atoms with van der Waals surface area (Å²) in [7, 11) is 0. The second-order valence-electron chi connectivity index (χ2n) is 6.92. The molecule has 0 spiro atoms. The maximum absolute atomic E-state index is 6.04. The number of hydrogen-bond donors (Lipinski definition) is 1. The Kier molecular flexibility index (Phi) is 5.06. The van der Waals surface area contributed by atoms with Crippen LogP contribution in [0.3, 0.4) is 0 Å². The van der Waals surface area contributed by atoms with Crippen LogP contribution in [0.5, 0.6) is 5.75 Å². The van der Waals surface area contributed by atoms with E-state index < -0.39 is 0 Å². The van der Waals surface area contributed by atoms with Crippen LogP contribution in [-0.2, 0) is 5.41 Å². The van der Waals surface area contributed by atoms with Crippen LogP contribution in [0.15, 0.2) is 24.3 Å². The lowest BCUT2D eigenvalue weighted by molar-refractivity contribution is 0.173. The summed E-state index contributed by atoms with van der Waals surface area (Å²) in [6, 6.07) is 8.66. The van der Waals surface area contributed by atoms with Crippen LogP contribution in [0.25, 0.3) is 0 Å². The van der Waals surface area contributed by atoms with Crippen molar-refractivity contribution in [2.75, 3.05) is 12.4 Å². The molecule has 1 aliphatic rings. The summed E-state index contributed by atoms with van der Waals surface area (Å²) >= 11 is 4.53. The predicted octanol–water partition coefficient (Wildman–Crippen LogP) is 5.24. The van der Waals surface area contributed by atoms with Gasteiger partial charge in [-0.15, -0.1) is 0 Å². The Bertz CT molecular complexity index is 416. The minimum absolute atomic E-state index is 0.246. The Morgan fingerprint density at radius 2 is 1.75 bits per heavy atom. The second kappa shape index (κ2) is 6.43. The van der Waals surface area contributed by atoms with Gasteiger partial charge in [0.2, 0.25) is 0 Å². The highest BCUT2D eigenvalue weighted by Crippen LogP contribution is 2.39. The maximum Gasteiger partial charge on any atom is 0.119 e. The second-order valence-corrected chi connectivity index (χ2v) is 7.23. The monoisotopic (exact) mass is 292 g/mol. The Hall–Kier alpha value is -0.630. The van der Waals surface area contributed by atoms with Gasteiger partial charge in [-0.2, -0.15) is 12.6 Å². The fourth-order valence-electron chi connectivity index (χ4n) is 2.92. The van der Waals surface area contributed by atoms with Gasteiger partial charge in [-0.1, -0.05) is 45.7 Å². The van der Waals surface area contributed by atoms with E-state index in [1.807, 2.05) is 0 Å². The third-order valence-electron chi connectivity index (χ3n) is 5.06. The molecule has 1 aromatic carbocycles. The van der Waals surface area contributed by atoms with Crippen LogP contribution in [-0.4, -0.2) is 12.4 Å². The van der Waals surface area contributed by atoms with E-state index in [9.17, 15) is 0 Å². The van der Waals surface area contributed by atoms with Gasteiger partial charge in [-0.3, -0.25) is 0 Å². The molecule has 0 heterocycles. The Morgan fingerprint density at radius 1 is 1.15 bits per heavy atom. The smallest absolute Gasteiger partial charge is 0.119 e. The molecule has 0 amide bonds. The summed E-state index contributed by atoms with van der Waals surface area (Å²) in [5.41, 5.74) is 1.94. The summed E-state index contributed by atoms with van der Waals surface area (Å²) in [5, 5.41) is 0. The minimum Gasteiger partial charge on any atom is -0.493 e. The molecule has 20 heavy (non-hydrogen) atoms. The summed E-state index contributed by atoms with van der Waals surface area (Å²) < 4.78 is 6.04. The molecule has 2 heteroatoms. The van der Waals surface area contributed by atoms with E-state index in [0.29, 0.717) is 5.41 Å². The van der Waals surface area contributed by atoms with Gasteiger partial charge in [-0.05, 0) is 48.1 Å². The van der Waals surface area contributed by atoms with E-state index in [1.54, 1.807) is 0 Å². The van der Waals surface area contributed by atoms with E-state index in [0.717, 1.165) is 24.5 Å². The molecule has 2 rings (SSSR count). The van der Waals surface area contributed by atoms with Crippen LogP contribution in [0.2, 0.25) is 0 Å². The third kappa shape index (κ3) is 3.52. The molecule has 0 aromatic heterocycles. The lowest BCUT2D eigenvalue weighted by Gasteiger charge is -2.27. The standard InChI is InChI=1S/C18H28OS/c1-4-17(2,3)15-7-9-16(10-8-15)19-13-18(14-20)11-5-6-12-18/h7-10,20H,4-6,11-14H2,1-3H3. The lowest BCUT2D eigenvalue weighted by atomic mass is 9.82. The van der Waals surface area contributed by atoms with Crippen molar-refractivity contribution in [2.24, 2.45) is 5.41 Å². The zero-order valence-corrected chi connectivity index (χ0v) is 14.0. The largest absolute Gasteiger partial charge is 0.493 e. The Labute approximate surface area is 129 Å². The van der Waals surface area contributed by atoms with Gasteiger partial charge in [0, 0.05) is 5.41 Å². The van der Waals surface area contributed by atoms with Crippen molar-refractivity contribution in [3.05, 3.63) is 29.8 Å². The van der Waals surface area contributed by atoms with Gasteiger partial charge < -0.3 is 4.74 Å². The van der Waals surface area contributed by atoms with E-state index in [2.05, 4.69) is 57.7 Å². The molecular weight excluding hydrogens is 264 g/mol. The number of benzene rings is 1. The first-order valence-corrected chi connectivity index (χ1v) is 8.49. The SMILES string of the molecule is CCC(C)(C)c1ccc(OCC2(CS)CCCC2)cc1. The van der Waals surface area contributed by atoms with E-state index in [1.165, 1.54) is 31.2 Å². The highest BCUT2D eigenvalue weighted by molar-refractivity contribution is 7.80. The molecule has 0 N–H and O–H groups in total. The predicted molar refractivity (Wildman–Crippen MR) is 90.0 cm³/mol. The zero-order valence-electron chi connectivity index (χ0n) is 13.1. The van der Waals surface area contributed by atoms with Crippen molar-refractivity contribution in [1.29, 1.82) is 0 Å². The number of thiol groups is 1. The van der Waals surface area contributed by atoms with Crippen molar-refractivity contribution < 1.29 is 4.74 Å². The average Bonchev–Trinajstić information content (AvgIpc) is 2.95. The first kappa shape index (κ1) is 15.8. The number of hydrogen-bond acceptors (Lipinski definition) is 2.